The van der Waals surface area contributed by atoms with E-state index in [1.54, 1.807) is 0 Å². The standard InChI is InChI=1S/2C26H28N2O4.2C20H20N2O4/c2*1-13-15-9-10-16(13)19-17(15)11-18-20(23(19)29)24(30)21-25(22(18)28(2)3)32-27-26(21)31-12-14-7-5-4-6-8-14;2*1-22(2)17-13-9-6-10-14(23)15(13)18(24)16-19(17)26-21-20(16)25-11-12-7-4-3-5-8-12/h2*4-10,13,15-19,22,30H,11-12H2,1-3H3;2*3-8,10,13,17,24H,9,11H2,1-2H3/t2*13?,15-,16+,17-,18+,19+,22+;2*13-,17-/m0011/s1. The normalized spacial score (nSPS) is 28.8. The Labute approximate surface area is 672 Å². The van der Waals surface area contributed by atoms with Crippen LogP contribution >= 0.6 is 0 Å². The molecule has 4 aromatic carbocycles. The van der Waals surface area contributed by atoms with Gasteiger partial charge in [0, 0.05) is 57.8 Å². The highest BCUT2D eigenvalue weighted by Gasteiger charge is 2.62. The lowest BCUT2D eigenvalue weighted by Gasteiger charge is -2.43. The number of benzene rings is 4. The molecule has 8 aromatic rings. The largest absolute Gasteiger partial charge is 0.507 e. The summed E-state index contributed by atoms with van der Waals surface area (Å²) in [4.78, 5) is 60.6. The lowest BCUT2D eigenvalue weighted by Crippen LogP contribution is -2.44. The molecular formula is C92H96N8O16. The fourth-order valence-electron chi connectivity index (χ4n) is 21.1. The minimum Gasteiger partial charge on any atom is -0.507 e. The van der Waals surface area contributed by atoms with Gasteiger partial charge in [-0.3, -0.25) is 38.8 Å². The zero-order valence-electron chi connectivity index (χ0n) is 66.5. The summed E-state index contributed by atoms with van der Waals surface area (Å²) in [6, 6.07) is 38.2. The van der Waals surface area contributed by atoms with Gasteiger partial charge in [-0.15, -0.1) is 0 Å². The predicted molar refractivity (Wildman–Crippen MR) is 428 cm³/mol. The number of fused-ring (bicyclic) bond motifs is 18. The number of carbonyl (C=O) groups is 4. The summed E-state index contributed by atoms with van der Waals surface area (Å²) >= 11 is 0. The van der Waals surface area contributed by atoms with E-state index in [0.717, 1.165) is 35.1 Å². The van der Waals surface area contributed by atoms with Crippen LogP contribution in [0.25, 0.3) is 23.0 Å². The molecule has 116 heavy (non-hydrogen) atoms. The van der Waals surface area contributed by atoms with Crippen LogP contribution in [0.15, 0.2) is 210 Å². The molecule has 0 spiro atoms. The number of ether oxygens (including phenoxy) is 4. The van der Waals surface area contributed by atoms with E-state index >= 15 is 0 Å². The first kappa shape index (κ1) is 77.2. The Morgan fingerprint density at radius 1 is 0.362 bits per heavy atom. The number of allylic oxidation sites excluding steroid dienone is 8. The van der Waals surface area contributed by atoms with E-state index in [2.05, 4.69) is 68.6 Å². The molecular weight excluding hydrogens is 1470 g/mol. The Bertz CT molecular complexity index is 5040. The van der Waals surface area contributed by atoms with Crippen molar-refractivity contribution in [2.24, 2.45) is 82.9 Å². The fraction of sp³-hybridized carbons (Fsp3) is 0.391. The van der Waals surface area contributed by atoms with Crippen LogP contribution in [0.2, 0.25) is 0 Å². The van der Waals surface area contributed by atoms with E-state index in [9.17, 15) is 39.6 Å². The van der Waals surface area contributed by atoms with Gasteiger partial charge in [0.1, 0.15) is 71.7 Å². The summed E-state index contributed by atoms with van der Waals surface area (Å²) in [6.07, 6.45) is 18.8. The lowest BCUT2D eigenvalue weighted by molar-refractivity contribution is -0.125. The maximum Gasteiger partial charge on any atom is 0.265 e. The van der Waals surface area contributed by atoms with Crippen molar-refractivity contribution in [1.29, 1.82) is 0 Å². The first-order chi connectivity index (χ1) is 56.1. The van der Waals surface area contributed by atoms with Gasteiger partial charge in [-0.05, 0) is 184 Å². The molecule has 12 aliphatic carbocycles. The summed E-state index contributed by atoms with van der Waals surface area (Å²) in [5, 5.41) is 60.8. The maximum absolute atomic E-state index is 13.8. The van der Waals surface area contributed by atoms with Crippen LogP contribution in [-0.4, -0.2) is 140 Å². The van der Waals surface area contributed by atoms with Crippen molar-refractivity contribution in [1.82, 2.24) is 40.2 Å². The highest BCUT2D eigenvalue weighted by molar-refractivity contribution is 6.12. The average molecular weight is 1570 g/mol. The number of hydrogen-bond acceptors (Lipinski definition) is 24. The molecule has 0 aliphatic heterocycles. The first-order valence-electron chi connectivity index (χ1n) is 40.0. The molecule has 12 aliphatic rings. The number of rotatable bonds is 16. The third-order valence-corrected chi connectivity index (χ3v) is 26.2. The molecule has 2 unspecified atom stereocenters. The molecule has 0 amide bonds. The summed E-state index contributed by atoms with van der Waals surface area (Å²) in [6.45, 7) is 5.72. The van der Waals surface area contributed by atoms with E-state index < -0.39 is 0 Å². The van der Waals surface area contributed by atoms with Crippen molar-refractivity contribution in [2.45, 2.75) is 90.1 Å². The minimum absolute atomic E-state index is 0.00438. The lowest BCUT2D eigenvalue weighted by atomic mass is 9.62. The van der Waals surface area contributed by atoms with Crippen LogP contribution in [0, 0.1) is 82.9 Å². The Morgan fingerprint density at radius 2 is 0.621 bits per heavy atom. The monoisotopic (exact) mass is 1570 g/mol. The summed E-state index contributed by atoms with van der Waals surface area (Å²) in [5.41, 5.74) is 7.48. The third kappa shape index (κ3) is 13.2. The van der Waals surface area contributed by atoms with Gasteiger partial charge in [-0.25, -0.2) is 0 Å². The smallest absolute Gasteiger partial charge is 0.265 e. The molecule has 4 saturated carbocycles. The zero-order valence-corrected chi connectivity index (χ0v) is 66.5. The number of carbonyl (C=O) groups excluding carboxylic acids is 4. The van der Waals surface area contributed by atoms with Crippen LogP contribution in [0.3, 0.4) is 0 Å². The van der Waals surface area contributed by atoms with Gasteiger partial charge in [-0.1, -0.05) is 172 Å². The van der Waals surface area contributed by atoms with Gasteiger partial charge in [0.15, 0.2) is 46.2 Å². The molecule has 4 fully saturated rings. The molecule has 24 heteroatoms. The molecule has 0 radical (unpaired) electrons. The van der Waals surface area contributed by atoms with E-state index in [-0.39, 0.29) is 141 Å². The molecule has 0 saturated heterocycles. The number of aromatic nitrogens is 4. The van der Waals surface area contributed by atoms with Crippen molar-refractivity contribution in [3.8, 4) is 23.5 Å². The Balaban J connectivity index is 0.000000112. The van der Waals surface area contributed by atoms with Gasteiger partial charge >= 0.3 is 0 Å². The minimum atomic E-state index is -0.189. The number of ketones is 4. The van der Waals surface area contributed by atoms with Crippen LogP contribution in [0.1, 0.15) is 131 Å². The van der Waals surface area contributed by atoms with Crippen molar-refractivity contribution >= 4 is 46.2 Å². The molecule has 4 bridgehead atoms. The molecule has 4 heterocycles. The Morgan fingerprint density at radius 3 is 0.897 bits per heavy atom. The highest BCUT2D eigenvalue weighted by atomic mass is 16.6. The Hall–Kier alpha value is -11.4. The van der Waals surface area contributed by atoms with E-state index in [4.69, 9.17) is 37.0 Å². The van der Waals surface area contributed by atoms with Gasteiger partial charge in [0.2, 0.25) is 0 Å². The second-order valence-corrected chi connectivity index (χ2v) is 33.5. The summed E-state index contributed by atoms with van der Waals surface area (Å²) < 4.78 is 46.1. The Kier molecular flexibility index (Phi) is 20.8. The second-order valence-electron chi connectivity index (χ2n) is 33.5. The van der Waals surface area contributed by atoms with Crippen molar-refractivity contribution in [3.63, 3.8) is 0 Å². The third-order valence-electron chi connectivity index (χ3n) is 26.2. The average Bonchev–Trinajstić information content (AvgIpc) is 1.66. The van der Waals surface area contributed by atoms with Crippen LogP contribution in [0.4, 0.5) is 0 Å². The first-order valence-corrected chi connectivity index (χ1v) is 40.0. The van der Waals surface area contributed by atoms with Gasteiger partial charge in [0.05, 0.1) is 24.2 Å². The predicted octanol–water partition coefficient (Wildman–Crippen LogP) is 15.4. The molecule has 20 rings (SSSR count). The summed E-state index contributed by atoms with van der Waals surface area (Å²) in [7, 11) is 15.6. The van der Waals surface area contributed by atoms with E-state index in [0.29, 0.717) is 142 Å². The van der Waals surface area contributed by atoms with Crippen molar-refractivity contribution < 1.29 is 76.6 Å². The van der Waals surface area contributed by atoms with Gasteiger partial charge in [-0.2, -0.15) is 0 Å². The second kappa shape index (κ2) is 31.3. The number of nitrogens with zero attached hydrogens (tertiary/aromatic N) is 8. The maximum atomic E-state index is 13.8. The topological polar surface area (TPSA) is 303 Å². The van der Waals surface area contributed by atoms with Crippen LogP contribution < -0.4 is 18.9 Å². The van der Waals surface area contributed by atoms with Crippen LogP contribution in [0.5, 0.6) is 23.5 Å². The SMILES string of the molecule is CC1[C@H]2C=C[C@@H]1[C@@H]1C[C@@H]3C(=C(O)c4c(OCc5ccccc5)noc4[C@@H]3N(C)C)C(=O)[C@@H]12.CC1[C@H]2C=C[C@@H]1[C@@H]1C[C@@H]3C(=C(O)c4c(OCc5ccccc5)noc4[C@@H]3N(C)C)C(=O)[C@@H]12.CN(C)[C@H]1c2onc(OCc3ccccc3)c2C(O)=C2C(=O)C=CC[C@H]21.CN(C)[C@H]1c2onc(OCc3ccccc3)c2C(O)=C2C(=O)C=CC[C@H]21. The van der Waals surface area contributed by atoms with Gasteiger partial charge < -0.3 is 57.5 Å². The molecule has 4 N–H and O–H groups in total. The molecule has 18 atom stereocenters. The number of aliphatic hydroxyl groups is 4. The molecule has 24 nitrogen and oxygen atoms in total. The highest BCUT2D eigenvalue weighted by Crippen LogP contribution is 2.64. The van der Waals surface area contributed by atoms with Crippen molar-refractivity contribution in [2.75, 3.05) is 56.4 Å². The zero-order chi connectivity index (χ0) is 80.8. The summed E-state index contributed by atoms with van der Waals surface area (Å²) in [5.74, 6) is 5.27. The number of Topliss-reactive ketones (excluding diaryl/α,β-unsaturated/α-hetero) is 2. The van der Waals surface area contributed by atoms with E-state index in [1.165, 1.54) is 12.2 Å². The van der Waals surface area contributed by atoms with Crippen molar-refractivity contribution in [3.05, 3.63) is 260 Å². The van der Waals surface area contributed by atoms with Crippen LogP contribution in [-0.2, 0) is 45.6 Å². The van der Waals surface area contributed by atoms with Gasteiger partial charge in [0.25, 0.3) is 23.5 Å². The molecule has 600 valence electrons. The number of hydrogen-bond donors (Lipinski definition) is 4. The number of aliphatic hydroxyl groups excluding tert-OH is 4. The fourth-order valence-corrected chi connectivity index (χ4v) is 21.1. The molecule has 4 aromatic heterocycles. The quantitative estimate of drug-likeness (QED) is 0.0653. The van der Waals surface area contributed by atoms with E-state index in [1.807, 2.05) is 200 Å².